The van der Waals surface area contributed by atoms with Crippen LogP contribution in [0.5, 0.6) is 0 Å². The van der Waals surface area contributed by atoms with E-state index in [0.717, 1.165) is 10.5 Å². The van der Waals surface area contributed by atoms with Gasteiger partial charge in [-0.1, -0.05) is 128 Å². The largest absolute Gasteiger partial charge is 0.236 e. The van der Waals surface area contributed by atoms with Crippen molar-refractivity contribution in [3.63, 3.8) is 0 Å². The molecule has 1 nitrogen and oxygen atoms in total. The third-order valence-electron chi connectivity index (χ3n) is 7.15. The molecule has 0 spiro atoms. The highest BCUT2D eigenvalue weighted by Crippen LogP contribution is 2.33. The number of fused-ring (bicyclic) bond motifs is 1. The summed E-state index contributed by atoms with van der Waals surface area (Å²) in [5.74, 6) is 1.23. The summed E-state index contributed by atoms with van der Waals surface area (Å²) >= 11 is 3.85. The molecule has 0 atom stereocenters. The lowest BCUT2D eigenvalue weighted by molar-refractivity contribution is 0.563. The van der Waals surface area contributed by atoms with E-state index in [9.17, 15) is 0 Å². The minimum atomic E-state index is 1.13. The summed E-state index contributed by atoms with van der Waals surface area (Å²) in [5.41, 5.74) is 3.85. The number of hydrogen-bond acceptors (Lipinski definition) is 3. The molecule has 36 heavy (non-hydrogen) atoms. The Morgan fingerprint density at radius 1 is 0.639 bits per heavy atom. The zero-order valence-electron chi connectivity index (χ0n) is 23.0. The Bertz CT molecular complexity index is 959. The van der Waals surface area contributed by atoms with E-state index in [1.807, 2.05) is 23.1 Å². The Kier molecular flexibility index (Phi) is 14.6. The van der Waals surface area contributed by atoms with Crippen LogP contribution in [0.3, 0.4) is 0 Å². The van der Waals surface area contributed by atoms with Gasteiger partial charge in [0.25, 0.3) is 0 Å². The van der Waals surface area contributed by atoms with Crippen molar-refractivity contribution in [2.24, 2.45) is 0 Å². The van der Waals surface area contributed by atoms with Crippen molar-refractivity contribution < 1.29 is 0 Å². The van der Waals surface area contributed by atoms with Crippen LogP contribution < -0.4 is 0 Å². The van der Waals surface area contributed by atoms with Crippen LogP contribution in [0, 0.1) is 0 Å². The van der Waals surface area contributed by atoms with Crippen LogP contribution in [-0.2, 0) is 6.42 Å². The molecule has 0 aliphatic carbocycles. The van der Waals surface area contributed by atoms with Gasteiger partial charge >= 0.3 is 0 Å². The van der Waals surface area contributed by atoms with E-state index < -0.39 is 0 Å². The maximum absolute atomic E-state index is 4.93. The zero-order chi connectivity index (χ0) is 25.3. The highest BCUT2D eigenvalue weighted by molar-refractivity contribution is 7.99. The van der Waals surface area contributed by atoms with Crippen LogP contribution >= 0.6 is 23.1 Å². The van der Waals surface area contributed by atoms with Gasteiger partial charge in [0.05, 0.1) is 10.2 Å². The number of unbranched alkanes of at least 4 members (excludes halogenated alkanes) is 14. The van der Waals surface area contributed by atoms with E-state index in [0.29, 0.717) is 0 Å². The summed E-state index contributed by atoms with van der Waals surface area (Å²) in [5, 5.41) is 1.15. The molecule has 0 saturated heterocycles. The second-order valence-corrected chi connectivity index (χ2v) is 12.6. The summed E-state index contributed by atoms with van der Waals surface area (Å²) in [6, 6.07) is 16.0. The predicted octanol–water partition coefficient (Wildman–Crippen LogP) is 11.9. The number of thioether (sulfide) groups is 1. The molecular formula is C33H49NS2. The van der Waals surface area contributed by atoms with Crippen molar-refractivity contribution >= 4 is 33.3 Å². The maximum atomic E-state index is 4.93. The molecule has 0 fully saturated rings. The molecule has 0 unspecified atom stereocenters. The van der Waals surface area contributed by atoms with Gasteiger partial charge in [-0.25, -0.2) is 4.98 Å². The first-order chi connectivity index (χ1) is 17.8. The smallest absolute Gasteiger partial charge is 0.124 e. The Hall–Kier alpha value is -1.32. The van der Waals surface area contributed by atoms with Gasteiger partial charge in [0, 0.05) is 10.5 Å². The van der Waals surface area contributed by atoms with Crippen LogP contribution in [0.1, 0.15) is 122 Å². The number of aromatic nitrogens is 1. The summed E-state index contributed by atoms with van der Waals surface area (Å²) in [6.45, 7) is 4.58. The lowest BCUT2D eigenvalue weighted by Gasteiger charge is -2.03. The fourth-order valence-corrected chi connectivity index (χ4v) is 6.86. The van der Waals surface area contributed by atoms with Crippen LogP contribution in [0.15, 0.2) is 47.4 Å². The average Bonchev–Trinajstić information content (AvgIpc) is 3.33. The van der Waals surface area contributed by atoms with Crippen molar-refractivity contribution in [2.75, 3.05) is 5.75 Å². The molecular weight excluding hydrogens is 475 g/mol. The monoisotopic (exact) mass is 523 g/mol. The maximum Gasteiger partial charge on any atom is 0.124 e. The number of hydrogen-bond donors (Lipinski definition) is 0. The fourth-order valence-electron chi connectivity index (χ4n) is 4.82. The van der Waals surface area contributed by atoms with Crippen molar-refractivity contribution in [1.29, 1.82) is 0 Å². The van der Waals surface area contributed by atoms with E-state index in [-0.39, 0.29) is 0 Å². The first kappa shape index (κ1) is 29.2. The van der Waals surface area contributed by atoms with Gasteiger partial charge in [0.2, 0.25) is 0 Å². The molecule has 1 heterocycles. The molecule has 0 bridgehead atoms. The van der Waals surface area contributed by atoms with Gasteiger partial charge in [0.15, 0.2) is 0 Å². The molecule has 0 saturated carbocycles. The third kappa shape index (κ3) is 11.0. The Morgan fingerprint density at radius 2 is 1.22 bits per heavy atom. The van der Waals surface area contributed by atoms with Crippen molar-refractivity contribution in [2.45, 2.75) is 128 Å². The SMILES string of the molecule is CCCCCCCCCCCCSc1ccc2nc(-c3ccc(CCCCCCCC)cc3)sc2c1. The van der Waals surface area contributed by atoms with Crippen LogP contribution in [-0.4, -0.2) is 10.7 Å². The summed E-state index contributed by atoms with van der Waals surface area (Å²) in [6.07, 6.45) is 23.4. The van der Waals surface area contributed by atoms with E-state index >= 15 is 0 Å². The fraction of sp³-hybridized carbons (Fsp3) is 0.606. The van der Waals surface area contributed by atoms with Crippen molar-refractivity contribution in [3.8, 4) is 10.6 Å². The number of thiazole rings is 1. The second kappa shape index (κ2) is 18.0. The van der Waals surface area contributed by atoms with E-state index in [2.05, 4.69) is 56.3 Å². The lowest BCUT2D eigenvalue weighted by atomic mass is 10.0. The third-order valence-corrected chi connectivity index (χ3v) is 9.29. The molecule has 3 heteroatoms. The van der Waals surface area contributed by atoms with Crippen LogP contribution in [0.2, 0.25) is 0 Å². The second-order valence-electron chi connectivity index (χ2n) is 10.4. The quantitative estimate of drug-likeness (QED) is 0.108. The molecule has 2 aromatic carbocycles. The summed E-state index contributed by atoms with van der Waals surface area (Å²) < 4.78 is 1.31. The number of benzene rings is 2. The van der Waals surface area contributed by atoms with Crippen LogP contribution in [0.4, 0.5) is 0 Å². The van der Waals surface area contributed by atoms with Crippen LogP contribution in [0.25, 0.3) is 20.8 Å². The predicted molar refractivity (Wildman–Crippen MR) is 165 cm³/mol. The molecule has 198 valence electrons. The topological polar surface area (TPSA) is 12.9 Å². The number of nitrogens with zero attached hydrogens (tertiary/aromatic N) is 1. The molecule has 0 amide bonds. The van der Waals surface area contributed by atoms with Gasteiger partial charge in [-0.3, -0.25) is 0 Å². The average molecular weight is 524 g/mol. The van der Waals surface area contributed by atoms with Gasteiger partial charge in [-0.15, -0.1) is 23.1 Å². The van der Waals surface area contributed by atoms with E-state index in [4.69, 9.17) is 4.98 Å². The standard InChI is InChI=1S/C33H49NS2/c1-3-5-7-9-11-12-13-14-16-18-26-35-30-24-25-31-32(27-30)36-33(34-31)29-22-20-28(21-23-29)19-17-15-10-8-6-4-2/h20-25,27H,3-19,26H2,1-2H3. The number of aryl methyl sites for hydroxylation is 1. The Balaban J connectivity index is 1.36. The zero-order valence-corrected chi connectivity index (χ0v) is 24.7. The van der Waals surface area contributed by atoms with Gasteiger partial charge < -0.3 is 0 Å². The molecule has 0 aliphatic rings. The Morgan fingerprint density at radius 3 is 1.86 bits per heavy atom. The first-order valence-corrected chi connectivity index (χ1v) is 16.7. The lowest BCUT2D eigenvalue weighted by Crippen LogP contribution is -1.87. The van der Waals surface area contributed by atoms with Crippen molar-refractivity contribution in [1.82, 2.24) is 4.98 Å². The highest BCUT2D eigenvalue weighted by atomic mass is 32.2. The molecule has 0 aliphatic heterocycles. The van der Waals surface area contributed by atoms with Gasteiger partial charge in [-0.2, -0.15) is 0 Å². The van der Waals surface area contributed by atoms with E-state index in [1.165, 1.54) is 136 Å². The molecule has 1 aromatic heterocycles. The Labute approximate surface area is 229 Å². The first-order valence-electron chi connectivity index (χ1n) is 14.9. The summed E-state index contributed by atoms with van der Waals surface area (Å²) in [7, 11) is 0. The number of rotatable bonds is 20. The highest BCUT2D eigenvalue weighted by Gasteiger charge is 2.08. The van der Waals surface area contributed by atoms with Gasteiger partial charge in [0.1, 0.15) is 5.01 Å². The molecule has 0 N–H and O–H groups in total. The molecule has 3 aromatic rings. The minimum Gasteiger partial charge on any atom is -0.236 e. The minimum absolute atomic E-state index is 1.13. The van der Waals surface area contributed by atoms with E-state index in [1.54, 1.807) is 0 Å². The van der Waals surface area contributed by atoms with Gasteiger partial charge in [-0.05, 0) is 48.8 Å². The summed E-state index contributed by atoms with van der Waals surface area (Å²) in [4.78, 5) is 6.32. The molecule has 0 radical (unpaired) electrons. The van der Waals surface area contributed by atoms with Crippen molar-refractivity contribution in [3.05, 3.63) is 48.0 Å². The normalized spacial score (nSPS) is 11.5. The molecule has 3 rings (SSSR count).